The fraction of sp³-hybridized carbons (Fsp3) is 0.250. The van der Waals surface area contributed by atoms with E-state index in [9.17, 15) is 27.4 Å². The molecule has 14 heteroatoms. The third kappa shape index (κ3) is 5.19. The van der Waals surface area contributed by atoms with Crippen molar-refractivity contribution in [3.8, 4) is 5.75 Å². The van der Waals surface area contributed by atoms with Crippen LogP contribution < -0.4 is 39.6 Å². The summed E-state index contributed by atoms with van der Waals surface area (Å²) in [5.74, 6) is -0.824. The van der Waals surface area contributed by atoms with E-state index in [4.69, 9.17) is 9.47 Å². The standard InChI is InChI=1S/C20H19N3O9S.Na/c1-2-30-18(24)17-13-9-6-10-15(31-19(25)21-12-7-4-3-5-8-12)16(13)14-11-22(17)20(26)23(14)32-33(27,28)29;/h3-10,14,17H,2,11H2,1H3,(H,21,25)(H,27,28,29);/q;+1/p-1. The van der Waals surface area contributed by atoms with Crippen molar-refractivity contribution >= 4 is 34.2 Å². The molecule has 0 aromatic heterocycles. The van der Waals surface area contributed by atoms with Crippen LogP contribution in [0.2, 0.25) is 0 Å². The van der Waals surface area contributed by atoms with Crippen LogP contribution in [-0.2, 0) is 24.2 Å². The van der Waals surface area contributed by atoms with Crippen molar-refractivity contribution in [2.45, 2.75) is 19.0 Å². The van der Waals surface area contributed by atoms with Crippen molar-refractivity contribution in [1.29, 1.82) is 0 Å². The monoisotopic (exact) mass is 499 g/mol. The third-order valence-corrected chi connectivity index (χ3v) is 5.37. The van der Waals surface area contributed by atoms with E-state index in [0.29, 0.717) is 10.8 Å². The van der Waals surface area contributed by atoms with Gasteiger partial charge in [0, 0.05) is 11.3 Å². The topological polar surface area (TPSA) is 155 Å². The first-order valence-electron chi connectivity index (χ1n) is 9.78. The van der Waals surface area contributed by atoms with Crippen LogP contribution in [0.1, 0.15) is 30.1 Å². The number of carbonyl (C=O) groups excluding carboxylic acids is 3. The van der Waals surface area contributed by atoms with Crippen molar-refractivity contribution in [2.24, 2.45) is 0 Å². The van der Waals surface area contributed by atoms with Gasteiger partial charge in [0.1, 0.15) is 11.8 Å². The molecule has 2 aromatic carbocycles. The van der Waals surface area contributed by atoms with Gasteiger partial charge in [0.2, 0.25) is 10.4 Å². The summed E-state index contributed by atoms with van der Waals surface area (Å²) in [6, 6.07) is 9.48. The Bertz CT molecular complexity index is 1210. The molecule has 2 aliphatic rings. The molecular formula is C20H18N3NaO9S. The summed E-state index contributed by atoms with van der Waals surface area (Å²) in [6.07, 6.45) is -0.863. The number of rotatable bonds is 6. The fourth-order valence-electron chi connectivity index (χ4n) is 3.86. The first kappa shape index (κ1) is 25.9. The zero-order chi connectivity index (χ0) is 23.8. The van der Waals surface area contributed by atoms with Gasteiger partial charge in [-0.2, -0.15) is 9.35 Å². The van der Waals surface area contributed by atoms with Crippen molar-refractivity contribution in [3.63, 3.8) is 0 Å². The maximum atomic E-state index is 12.8. The van der Waals surface area contributed by atoms with E-state index in [1.165, 1.54) is 18.2 Å². The zero-order valence-corrected chi connectivity index (χ0v) is 21.0. The van der Waals surface area contributed by atoms with Crippen LogP contribution in [0.5, 0.6) is 5.75 Å². The Labute approximate surface area is 216 Å². The first-order chi connectivity index (χ1) is 15.7. The van der Waals surface area contributed by atoms with E-state index in [2.05, 4.69) is 9.60 Å². The number of ether oxygens (including phenoxy) is 2. The maximum Gasteiger partial charge on any atom is 1.00 e. The van der Waals surface area contributed by atoms with Gasteiger partial charge in [-0.15, -0.1) is 0 Å². The van der Waals surface area contributed by atoms with Gasteiger partial charge in [0.25, 0.3) is 0 Å². The fourth-order valence-corrected chi connectivity index (χ4v) is 4.22. The summed E-state index contributed by atoms with van der Waals surface area (Å²) in [5.41, 5.74) is 0.850. The minimum atomic E-state index is -5.31. The van der Waals surface area contributed by atoms with E-state index in [-0.39, 0.29) is 59.6 Å². The Morgan fingerprint density at radius 3 is 2.50 bits per heavy atom. The second-order valence-corrected chi connectivity index (χ2v) is 8.02. The number of carbonyl (C=O) groups is 3. The van der Waals surface area contributed by atoms with Crippen LogP contribution in [0.25, 0.3) is 0 Å². The Hall–Kier alpha value is -2.68. The van der Waals surface area contributed by atoms with E-state index in [0.717, 1.165) is 4.90 Å². The number of nitrogens with one attached hydrogen (secondary N) is 1. The summed E-state index contributed by atoms with van der Waals surface area (Å²) < 4.78 is 48.6. The van der Waals surface area contributed by atoms with Gasteiger partial charge < -0.3 is 18.9 Å². The number of benzene rings is 2. The molecule has 0 radical (unpaired) electrons. The maximum absolute atomic E-state index is 12.8. The van der Waals surface area contributed by atoms with Gasteiger partial charge in [0.05, 0.1) is 13.2 Å². The predicted molar refractivity (Wildman–Crippen MR) is 109 cm³/mol. The van der Waals surface area contributed by atoms with Crippen molar-refractivity contribution in [3.05, 3.63) is 59.7 Å². The summed E-state index contributed by atoms with van der Waals surface area (Å²) in [7, 11) is -5.31. The van der Waals surface area contributed by atoms with E-state index in [1.807, 2.05) is 0 Å². The minimum Gasteiger partial charge on any atom is -0.724 e. The van der Waals surface area contributed by atoms with Crippen LogP contribution in [-0.4, -0.2) is 54.2 Å². The van der Waals surface area contributed by atoms with E-state index < -0.39 is 40.6 Å². The number of para-hydroxylation sites is 1. The number of nitrogens with zero attached hydrogens (tertiary/aromatic N) is 2. The van der Waals surface area contributed by atoms with Crippen LogP contribution in [0.3, 0.4) is 0 Å². The number of anilines is 1. The first-order valence-corrected chi connectivity index (χ1v) is 11.1. The smallest absolute Gasteiger partial charge is 0.724 e. The molecular weight excluding hydrogens is 481 g/mol. The van der Waals surface area contributed by atoms with E-state index in [1.54, 1.807) is 37.3 Å². The molecule has 1 saturated heterocycles. The Morgan fingerprint density at radius 2 is 1.85 bits per heavy atom. The third-order valence-electron chi connectivity index (χ3n) is 5.03. The van der Waals surface area contributed by atoms with Crippen molar-refractivity contribution in [1.82, 2.24) is 9.96 Å². The van der Waals surface area contributed by atoms with Gasteiger partial charge in [0.15, 0.2) is 6.04 Å². The molecule has 34 heavy (non-hydrogen) atoms. The molecule has 1 fully saturated rings. The van der Waals surface area contributed by atoms with Gasteiger partial charge in [-0.3, -0.25) is 5.32 Å². The van der Waals surface area contributed by atoms with Crippen molar-refractivity contribution < 1.29 is 70.7 Å². The molecule has 0 aliphatic carbocycles. The molecule has 2 atom stereocenters. The Kier molecular flexibility index (Phi) is 7.85. The number of hydroxylamine groups is 2. The summed E-state index contributed by atoms with van der Waals surface area (Å²) >= 11 is 0. The summed E-state index contributed by atoms with van der Waals surface area (Å²) in [6.45, 7) is 1.41. The number of hydrogen-bond acceptors (Lipinski definition) is 9. The van der Waals surface area contributed by atoms with Crippen LogP contribution in [0.15, 0.2) is 48.5 Å². The molecule has 0 saturated carbocycles. The number of amides is 3. The molecule has 2 aromatic rings. The van der Waals surface area contributed by atoms with Gasteiger partial charge in [-0.05, 0) is 30.7 Å². The largest absolute Gasteiger partial charge is 1.00 e. The molecule has 2 heterocycles. The summed E-state index contributed by atoms with van der Waals surface area (Å²) in [4.78, 5) is 39.0. The molecule has 4 rings (SSSR count). The second-order valence-electron chi connectivity index (χ2n) is 7.05. The van der Waals surface area contributed by atoms with Gasteiger partial charge in [-0.1, -0.05) is 30.3 Å². The molecule has 174 valence electrons. The van der Waals surface area contributed by atoms with Gasteiger partial charge >= 0.3 is 47.7 Å². The molecule has 3 amide bonds. The minimum absolute atomic E-state index is 0. The second kappa shape index (κ2) is 10.3. The van der Waals surface area contributed by atoms with Gasteiger partial charge in [-0.25, -0.2) is 22.8 Å². The average molecular weight is 499 g/mol. The van der Waals surface area contributed by atoms with Crippen molar-refractivity contribution in [2.75, 3.05) is 18.5 Å². The molecule has 1 N–H and O–H groups in total. The number of urea groups is 1. The van der Waals surface area contributed by atoms with E-state index >= 15 is 0 Å². The number of esters is 1. The number of hydrogen-bond donors (Lipinski definition) is 1. The average Bonchev–Trinajstić information content (AvgIpc) is 3.00. The molecule has 12 nitrogen and oxygen atoms in total. The number of fused-ring (bicyclic) bond motifs is 4. The van der Waals surface area contributed by atoms with Crippen LogP contribution in [0.4, 0.5) is 15.3 Å². The van der Waals surface area contributed by atoms with Crippen LogP contribution >= 0.6 is 0 Å². The normalized spacial score (nSPS) is 18.6. The quantitative estimate of drug-likeness (QED) is 0.230. The zero-order valence-electron chi connectivity index (χ0n) is 18.2. The molecule has 2 aliphatic heterocycles. The summed E-state index contributed by atoms with van der Waals surface area (Å²) in [5, 5.41) is 2.90. The molecule has 2 bridgehead atoms. The predicted octanol–water partition coefficient (Wildman–Crippen LogP) is -0.910. The Balaban J connectivity index is 0.00000324. The van der Waals surface area contributed by atoms with Crippen LogP contribution in [0, 0.1) is 0 Å². The molecule has 2 unspecified atom stereocenters. The molecule has 0 spiro atoms. The SMILES string of the molecule is CCOC(=O)C1c2cccc(OC(=O)Nc3ccccc3)c2C2CN1C(=O)N2OS(=O)(=O)[O-].[Na+]. The Morgan fingerprint density at radius 1 is 1.15 bits per heavy atom.